The Morgan fingerprint density at radius 2 is 1.38 bits per heavy atom. The fourth-order valence-corrected chi connectivity index (χ4v) is 1.70. The zero-order valence-electron chi connectivity index (χ0n) is 8.53. The summed E-state index contributed by atoms with van der Waals surface area (Å²) in [5.74, 6) is 0. The molecule has 0 radical (unpaired) electrons. The molecule has 2 aromatic rings. The lowest BCUT2D eigenvalue weighted by molar-refractivity contribution is 1.64. The van der Waals surface area contributed by atoms with Crippen LogP contribution in [0.15, 0.2) is 48.5 Å². The second-order valence-corrected chi connectivity index (χ2v) is 4.31. The van der Waals surface area contributed by atoms with Crippen LogP contribution in [-0.4, -0.2) is 0 Å². The highest BCUT2D eigenvalue weighted by molar-refractivity contribution is 6.31. The van der Waals surface area contributed by atoms with Gasteiger partial charge in [0.05, 0.1) is 0 Å². The van der Waals surface area contributed by atoms with Crippen molar-refractivity contribution in [3.8, 4) is 0 Å². The average Bonchev–Trinajstić information content (AvgIpc) is 2.28. The van der Waals surface area contributed by atoms with Gasteiger partial charge in [-0.3, -0.25) is 0 Å². The van der Waals surface area contributed by atoms with Gasteiger partial charge in [0.2, 0.25) is 0 Å². The van der Waals surface area contributed by atoms with E-state index in [0.29, 0.717) is 0 Å². The second-order valence-electron chi connectivity index (χ2n) is 3.44. The lowest BCUT2D eigenvalue weighted by Crippen LogP contribution is -1.73. The molecule has 16 heavy (non-hydrogen) atoms. The summed E-state index contributed by atoms with van der Waals surface area (Å²) in [6.07, 6.45) is 4.05. The maximum atomic E-state index is 5.90. The summed E-state index contributed by atoms with van der Waals surface area (Å²) in [7, 11) is 0. The smallest absolute Gasteiger partial charge is 0.0411 e. The molecule has 0 N–H and O–H groups in total. The minimum atomic E-state index is 0.748. The van der Waals surface area contributed by atoms with Gasteiger partial charge >= 0.3 is 0 Å². The van der Waals surface area contributed by atoms with Gasteiger partial charge in [0, 0.05) is 10.0 Å². The van der Waals surface area contributed by atoms with Gasteiger partial charge in [-0.15, -0.1) is 0 Å². The molecule has 0 amide bonds. The molecular formula is C14H10Cl2. The highest BCUT2D eigenvalue weighted by Gasteiger charge is 1.90. The summed E-state index contributed by atoms with van der Waals surface area (Å²) < 4.78 is 0. The lowest BCUT2D eigenvalue weighted by Gasteiger charge is -1.95. The monoisotopic (exact) mass is 248 g/mol. The highest BCUT2D eigenvalue weighted by atomic mass is 35.5. The van der Waals surface area contributed by atoms with Crippen molar-refractivity contribution >= 4 is 35.4 Å². The summed E-state index contributed by atoms with van der Waals surface area (Å²) in [5.41, 5.74) is 2.20. The van der Waals surface area contributed by atoms with Crippen LogP contribution < -0.4 is 0 Å². The van der Waals surface area contributed by atoms with E-state index in [-0.39, 0.29) is 0 Å². The van der Waals surface area contributed by atoms with Gasteiger partial charge in [-0.2, -0.15) is 0 Å². The molecule has 0 aliphatic rings. The van der Waals surface area contributed by atoms with E-state index in [2.05, 4.69) is 0 Å². The first-order valence-electron chi connectivity index (χ1n) is 4.93. The molecule has 80 valence electrons. The molecule has 0 unspecified atom stereocenters. The highest BCUT2D eigenvalue weighted by Crippen LogP contribution is 2.15. The van der Waals surface area contributed by atoms with Crippen molar-refractivity contribution in [3.05, 3.63) is 69.7 Å². The molecule has 2 aromatic carbocycles. The maximum absolute atomic E-state index is 5.90. The second kappa shape index (κ2) is 5.20. The van der Waals surface area contributed by atoms with Crippen LogP contribution in [0.25, 0.3) is 12.2 Å². The fraction of sp³-hybridized carbons (Fsp3) is 0. The Bertz CT molecular complexity index is 498. The summed E-state index contributed by atoms with van der Waals surface area (Å²) in [6, 6.07) is 15.4. The van der Waals surface area contributed by atoms with E-state index in [1.165, 1.54) is 0 Å². The van der Waals surface area contributed by atoms with Crippen LogP contribution in [0, 0.1) is 0 Å². The van der Waals surface area contributed by atoms with Gasteiger partial charge in [0.1, 0.15) is 0 Å². The molecule has 0 aliphatic carbocycles. The SMILES string of the molecule is Clc1ccc(/C=C\c2cccc(Cl)c2)cc1. The third kappa shape index (κ3) is 3.13. The molecule has 2 heteroatoms. The zero-order valence-corrected chi connectivity index (χ0v) is 10.0. The van der Waals surface area contributed by atoms with Crippen molar-refractivity contribution in [3.63, 3.8) is 0 Å². The molecule has 2 rings (SSSR count). The van der Waals surface area contributed by atoms with E-state index < -0.39 is 0 Å². The van der Waals surface area contributed by atoms with Crippen LogP contribution in [0.3, 0.4) is 0 Å². The maximum Gasteiger partial charge on any atom is 0.0411 e. The molecule has 0 heterocycles. The van der Waals surface area contributed by atoms with Crippen LogP contribution in [0.2, 0.25) is 10.0 Å². The molecule has 0 aromatic heterocycles. The van der Waals surface area contributed by atoms with Crippen molar-refractivity contribution in [2.45, 2.75) is 0 Å². The summed E-state index contributed by atoms with van der Waals surface area (Å²) >= 11 is 11.7. The van der Waals surface area contributed by atoms with E-state index in [0.717, 1.165) is 21.2 Å². The topological polar surface area (TPSA) is 0 Å². The van der Waals surface area contributed by atoms with Gasteiger partial charge in [-0.25, -0.2) is 0 Å². The number of hydrogen-bond acceptors (Lipinski definition) is 0. The van der Waals surface area contributed by atoms with Crippen LogP contribution in [0.4, 0.5) is 0 Å². The molecule has 0 nitrogen and oxygen atoms in total. The van der Waals surface area contributed by atoms with E-state index in [1.54, 1.807) is 0 Å². The molecule has 0 aliphatic heterocycles. The van der Waals surface area contributed by atoms with Crippen molar-refractivity contribution < 1.29 is 0 Å². The van der Waals surface area contributed by atoms with Crippen molar-refractivity contribution in [1.29, 1.82) is 0 Å². The van der Waals surface area contributed by atoms with Gasteiger partial charge in [0.25, 0.3) is 0 Å². The Morgan fingerprint density at radius 1 is 0.688 bits per heavy atom. The first kappa shape index (κ1) is 11.3. The third-order valence-corrected chi connectivity index (χ3v) is 2.67. The normalized spacial score (nSPS) is 10.9. The molecular weight excluding hydrogens is 239 g/mol. The van der Waals surface area contributed by atoms with Gasteiger partial charge in [0.15, 0.2) is 0 Å². The first-order chi connectivity index (χ1) is 7.74. The number of rotatable bonds is 2. The summed E-state index contributed by atoms with van der Waals surface area (Å²) in [5, 5.41) is 1.50. The number of hydrogen-bond donors (Lipinski definition) is 0. The minimum Gasteiger partial charge on any atom is -0.0843 e. The predicted molar refractivity (Wildman–Crippen MR) is 71.8 cm³/mol. The molecule has 0 saturated carbocycles. The van der Waals surface area contributed by atoms with Crippen molar-refractivity contribution in [2.24, 2.45) is 0 Å². The Balaban J connectivity index is 2.18. The Labute approximate surface area is 105 Å². The van der Waals surface area contributed by atoms with Gasteiger partial charge in [-0.05, 0) is 35.4 Å². The molecule has 0 spiro atoms. The van der Waals surface area contributed by atoms with Crippen molar-refractivity contribution in [2.75, 3.05) is 0 Å². The predicted octanol–water partition coefficient (Wildman–Crippen LogP) is 5.16. The van der Waals surface area contributed by atoms with E-state index in [1.807, 2.05) is 60.7 Å². The minimum absolute atomic E-state index is 0.748. The van der Waals surface area contributed by atoms with Crippen LogP contribution in [0.1, 0.15) is 11.1 Å². The van der Waals surface area contributed by atoms with Crippen LogP contribution in [-0.2, 0) is 0 Å². The van der Waals surface area contributed by atoms with Crippen LogP contribution >= 0.6 is 23.2 Å². The van der Waals surface area contributed by atoms with E-state index in [4.69, 9.17) is 23.2 Å². The number of halogens is 2. The van der Waals surface area contributed by atoms with Gasteiger partial charge in [-0.1, -0.05) is 59.6 Å². The van der Waals surface area contributed by atoms with Crippen LogP contribution in [0.5, 0.6) is 0 Å². The number of benzene rings is 2. The molecule has 0 fully saturated rings. The average molecular weight is 249 g/mol. The standard InChI is InChI=1S/C14H10Cl2/c15-13-8-6-11(7-9-13)4-5-12-2-1-3-14(16)10-12/h1-10H/b5-4-. The summed E-state index contributed by atoms with van der Waals surface area (Å²) in [6.45, 7) is 0. The van der Waals surface area contributed by atoms with Crippen molar-refractivity contribution in [1.82, 2.24) is 0 Å². The fourth-order valence-electron chi connectivity index (χ4n) is 1.38. The Hall–Kier alpha value is -1.24. The molecule has 0 saturated heterocycles. The quantitative estimate of drug-likeness (QED) is 0.644. The third-order valence-electron chi connectivity index (χ3n) is 2.19. The van der Waals surface area contributed by atoms with Gasteiger partial charge < -0.3 is 0 Å². The van der Waals surface area contributed by atoms with E-state index in [9.17, 15) is 0 Å². The summed E-state index contributed by atoms with van der Waals surface area (Å²) in [4.78, 5) is 0. The Kier molecular flexibility index (Phi) is 3.66. The zero-order chi connectivity index (χ0) is 11.4. The van der Waals surface area contributed by atoms with E-state index >= 15 is 0 Å². The Morgan fingerprint density at radius 3 is 2.06 bits per heavy atom. The molecule has 0 bridgehead atoms. The lowest BCUT2D eigenvalue weighted by atomic mass is 10.1. The molecule has 0 atom stereocenters. The first-order valence-corrected chi connectivity index (χ1v) is 5.69. The largest absolute Gasteiger partial charge is 0.0843 e.